The summed E-state index contributed by atoms with van der Waals surface area (Å²) in [4.78, 5) is 41.8. The first-order valence-electron chi connectivity index (χ1n) is 10.9. The highest BCUT2D eigenvalue weighted by Gasteiger charge is 2.27. The number of hydrogen-bond acceptors (Lipinski definition) is 6. The Kier molecular flexibility index (Phi) is 6.41. The molecule has 172 valence electrons. The lowest BCUT2D eigenvalue weighted by molar-refractivity contribution is 0.0587. The van der Waals surface area contributed by atoms with Crippen molar-refractivity contribution in [2.75, 3.05) is 38.1 Å². The van der Waals surface area contributed by atoms with Crippen molar-refractivity contribution in [2.24, 2.45) is 0 Å². The predicted octanol–water partition coefficient (Wildman–Crippen LogP) is 2.43. The van der Waals surface area contributed by atoms with E-state index >= 15 is 0 Å². The Balaban J connectivity index is 1.36. The number of carbonyl (C=O) groups is 3. The first-order valence-corrected chi connectivity index (χ1v) is 10.9. The molecule has 0 saturated carbocycles. The van der Waals surface area contributed by atoms with Crippen molar-refractivity contribution >= 4 is 17.6 Å². The summed E-state index contributed by atoms with van der Waals surface area (Å²) >= 11 is 0. The van der Waals surface area contributed by atoms with Gasteiger partial charge in [-0.2, -0.15) is 0 Å². The Morgan fingerprint density at radius 1 is 1.00 bits per heavy atom. The molecule has 2 amide bonds. The number of amides is 2. The van der Waals surface area contributed by atoms with E-state index in [0.717, 1.165) is 5.69 Å². The number of carbonyl (C=O) groups excluding carboxylic acids is 3. The van der Waals surface area contributed by atoms with Crippen LogP contribution in [0, 0.1) is 20.8 Å². The van der Waals surface area contributed by atoms with Crippen molar-refractivity contribution in [3.05, 3.63) is 76.4 Å². The fraction of sp³-hybridized carbons (Fsp3) is 0.333. The Hall–Kier alpha value is -3.72. The Labute approximate surface area is 191 Å². The van der Waals surface area contributed by atoms with Gasteiger partial charge in [0.2, 0.25) is 5.76 Å². The summed E-state index contributed by atoms with van der Waals surface area (Å²) in [6.07, 6.45) is 0. The van der Waals surface area contributed by atoms with Crippen LogP contribution in [0.15, 0.2) is 47.0 Å². The third-order valence-electron chi connectivity index (χ3n) is 5.85. The molecule has 1 saturated heterocycles. The zero-order chi connectivity index (χ0) is 23.5. The topological polar surface area (TPSA) is 101 Å². The number of ketones is 1. The Bertz CT molecular complexity index is 1170. The average Bonchev–Trinajstić information content (AvgIpc) is 3.38. The van der Waals surface area contributed by atoms with E-state index in [1.54, 1.807) is 52.9 Å². The second-order valence-electron chi connectivity index (χ2n) is 8.25. The monoisotopic (exact) mass is 449 g/mol. The fourth-order valence-electron chi connectivity index (χ4n) is 3.99. The van der Waals surface area contributed by atoms with E-state index < -0.39 is 0 Å². The van der Waals surface area contributed by atoms with Crippen molar-refractivity contribution in [2.45, 2.75) is 20.8 Å². The number of nitrogens with one attached hydrogen (secondary N) is 1. The molecule has 0 bridgehead atoms. The van der Waals surface area contributed by atoms with Crippen LogP contribution in [-0.2, 0) is 0 Å². The summed E-state index contributed by atoms with van der Waals surface area (Å²) in [7, 11) is 0. The molecule has 3 aromatic rings. The van der Waals surface area contributed by atoms with Crippen LogP contribution in [-0.4, -0.2) is 70.0 Å². The normalized spacial score (nSPS) is 14.3. The van der Waals surface area contributed by atoms with Crippen molar-refractivity contribution < 1.29 is 18.9 Å². The number of Topliss-reactive ketones (excluding diaryl/α,β-unsaturated/α-hetero) is 1. The Morgan fingerprint density at radius 2 is 1.70 bits per heavy atom. The van der Waals surface area contributed by atoms with Gasteiger partial charge < -0.3 is 9.42 Å². The van der Waals surface area contributed by atoms with Crippen LogP contribution in [0.25, 0.3) is 0 Å². The molecule has 1 fully saturated rings. The van der Waals surface area contributed by atoms with E-state index in [0.29, 0.717) is 48.7 Å². The lowest BCUT2D eigenvalue weighted by Gasteiger charge is -2.33. The van der Waals surface area contributed by atoms with Crippen LogP contribution in [0.2, 0.25) is 0 Å². The third-order valence-corrected chi connectivity index (χ3v) is 5.85. The summed E-state index contributed by atoms with van der Waals surface area (Å²) in [6, 6.07) is 12.4. The van der Waals surface area contributed by atoms with E-state index in [9.17, 15) is 14.4 Å². The van der Waals surface area contributed by atoms with E-state index in [1.807, 2.05) is 24.8 Å². The zero-order valence-corrected chi connectivity index (χ0v) is 19.0. The minimum atomic E-state index is -0.237. The van der Waals surface area contributed by atoms with Crippen molar-refractivity contribution in [1.82, 2.24) is 19.6 Å². The standard InChI is InChI=1S/C24H27N5O4/c1-16-13-22(33-26-16)24(32)28-11-9-27(10-12-28)15-21(30)20-14-17(2)29(18(20)3)25-23(31)19-7-5-4-6-8-19/h4-8,13-14H,9-12,15H2,1-3H3,(H,25,31). The number of nitrogens with zero attached hydrogens (tertiary/aromatic N) is 4. The van der Waals surface area contributed by atoms with Gasteiger partial charge in [0.1, 0.15) is 0 Å². The van der Waals surface area contributed by atoms with Gasteiger partial charge in [0.25, 0.3) is 11.8 Å². The second kappa shape index (κ2) is 9.41. The minimum absolute atomic E-state index is 0.0195. The highest BCUT2D eigenvalue weighted by Crippen LogP contribution is 2.17. The van der Waals surface area contributed by atoms with Gasteiger partial charge in [-0.3, -0.25) is 29.4 Å². The molecule has 0 atom stereocenters. The largest absolute Gasteiger partial charge is 0.351 e. The minimum Gasteiger partial charge on any atom is -0.351 e. The molecule has 3 heterocycles. The smallest absolute Gasteiger partial charge is 0.292 e. The molecule has 33 heavy (non-hydrogen) atoms. The van der Waals surface area contributed by atoms with Gasteiger partial charge in [0.15, 0.2) is 5.78 Å². The van der Waals surface area contributed by atoms with E-state index in [1.165, 1.54) is 0 Å². The number of hydrogen-bond donors (Lipinski definition) is 1. The molecule has 1 aliphatic heterocycles. The summed E-state index contributed by atoms with van der Waals surface area (Å²) < 4.78 is 6.72. The molecular formula is C24H27N5O4. The number of piperazine rings is 1. The molecule has 0 unspecified atom stereocenters. The lowest BCUT2D eigenvalue weighted by atomic mass is 10.1. The SMILES string of the molecule is Cc1cc(C(=O)N2CCN(CC(=O)c3cc(C)n(NC(=O)c4ccccc4)c3C)CC2)on1. The van der Waals surface area contributed by atoms with Gasteiger partial charge in [-0.05, 0) is 39.0 Å². The summed E-state index contributed by atoms with van der Waals surface area (Å²) in [6.45, 7) is 7.90. The number of rotatable bonds is 6. The van der Waals surface area contributed by atoms with Crippen LogP contribution in [0.5, 0.6) is 0 Å². The summed E-state index contributed by atoms with van der Waals surface area (Å²) in [5.74, 6) is -0.200. The van der Waals surface area contributed by atoms with Crippen LogP contribution >= 0.6 is 0 Å². The van der Waals surface area contributed by atoms with Gasteiger partial charge >= 0.3 is 0 Å². The second-order valence-corrected chi connectivity index (χ2v) is 8.25. The van der Waals surface area contributed by atoms with Crippen molar-refractivity contribution in [3.8, 4) is 0 Å². The maximum absolute atomic E-state index is 13.0. The molecule has 9 nitrogen and oxygen atoms in total. The fourth-order valence-corrected chi connectivity index (χ4v) is 3.99. The number of benzene rings is 1. The molecule has 0 spiro atoms. The summed E-state index contributed by atoms with van der Waals surface area (Å²) in [5.41, 5.74) is 6.12. The molecule has 0 aliphatic carbocycles. The Morgan fingerprint density at radius 3 is 2.33 bits per heavy atom. The zero-order valence-electron chi connectivity index (χ0n) is 19.0. The molecule has 2 aromatic heterocycles. The van der Waals surface area contributed by atoms with Gasteiger partial charge in [-0.25, -0.2) is 0 Å². The maximum atomic E-state index is 13.0. The molecule has 1 aromatic carbocycles. The van der Waals surface area contributed by atoms with E-state index in [-0.39, 0.29) is 29.9 Å². The average molecular weight is 450 g/mol. The van der Waals surface area contributed by atoms with Crippen molar-refractivity contribution in [3.63, 3.8) is 0 Å². The van der Waals surface area contributed by atoms with Gasteiger partial charge in [0.05, 0.1) is 12.2 Å². The van der Waals surface area contributed by atoms with Crippen LogP contribution in [0.3, 0.4) is 0 Å². The van der Waals surface area contributed by atoms with Crippen LogP contribution in [0.4, 0.5) is 0 Å². The van der Waals surface area contributed by atoms with E-state index in [4.69, 9.17) is 4.52 Å². The first-order chi connectivity index (χ1) is 15.8. The molecule has 1 N–H and O–H groups in total. The summed E-state index contributed by atoms with van der Waals surface area (Å²) in [5, 5.41) is 3.77. The number of aromatic nitrogens is 2. The molecular weight excluding hydrogens is 422 g/mol. The van der Waals surface area contributed by atoms with Crippen LogP contribution < -0.4 is 5.43 Å². The molecule has 4 rings (SSSR count). The van der Waals surface area contributed by atoms with E-state index in [2.05, 4.69) is 10.6 Å². The quantitative estimate of drug-likeness (QED) is 0.580. The van der Waals surface area contributed by atoms with Gasteiger partial charge in [-0.15, -0.1) is 0 Å². The lowest BCUT2D eigenvalue weighted by Crippen LogP contribution is -2.49. The molecule has 9 heteroatoms. The first kappa shape index (κ1) is 22.5. The predicted molar refractivity (Wildman–Crippen MR) is 122 cm³/mol. The highest BCUT2D eigenvalue weighted by atomic mass is 16.5. The molecule has 0 radical (unpaired) electrons. The van der Waals surface area contributed by atoms with Gasteiger partial charge in [-0.1, -0.05) is 23.4 Å². The molecule has 1 aliphatic rings. The van der Waals surface area contributed by atoms with Crippen molar-refractivity contribution in [1.29, 1.82) is 0 Å². The number of aryl methyl sites for hydroxylation is 2. The maximum Gasteiger partial charge on any atom is 0.292 e. The van der Waals surface area contributed by atoms with Crippen LogP contribution in [0.1, 0.15) is 48.4 Å². The highest BCUT2D eigenvalue weighted by molar-refractivity contribution is 6.01. The third kappa shape index (κ3) is 4.88. The van der Waals surface area contributed by atoms with Gasteiger partial charge in [0, 0.05) is 54.8 Å².